The minimum absolute atomic E-state index is 0.190. The molecule has 2 unspecified atom stereocenters. The lowest BCUT2D eigenvalue weighted by Gasteiger charge is -2.52. The highest BCUT2D eigenvalue weighted by Gasteiger charge is 2.47. The highest BCUT2D eigenvalue weighted by molar-refractivity contribution is 7.80. The number of hydrogen-bond acceptors (Lipinski definition) is 4. The third-order valence-electron chi connectivity index (χ3n) is 5.10. The van der Waals surface area contributed by atoms with E-state index in [-0.39, 0.29) is 12.8 Å². The van der Waals surface area contributed by atoms with Gasteiger partial charge in [0.25, 0.3) is 0 Å². The zero-order chi connectivity index (χ0) is 17.0. The lowest BCUT2D eigenvalue weighted by Crippen LogP contribution is -2.64. The molecule has 3 aliphatic rings. The van der Waals surface area contributed by atoms with Crippen LogP contribution < -0.4 is 19.5 Å². The third kappa shape index (κ3) is 2.32. The number of rotatable bonds is 2. The van der Waals surface area contributed by atoms with Crippen molar-refractivity contribution < 1.29 is 14.2 Å². The van der Waals surface area contributed by atoms with Gasteiger partial charge in [0.05, 0.1) is 6.04 Å². The molecule has 2 atom stereocenters. The molecule has 0 aromatic heterocycles. The van der Waals surface area contributed by atoms with Crippen molar-refractivity contribution in [3.63, 3.8) is 0 Å². The maximum Gasteiger partial charge on any atom is 0.231 e. The number of nitrogens with zero attached hydrogens (tertiary/aromatic N) is 1. The van der Waals surface area contributed by atoms with Crippen LogP contribution in [0.3, 0.4) is 0 Å². The normalized spacial score (nSPS) is 25.9. The molecule has 5 nitrogen and oxygen atoms in total. The lowest BCUT2D eigenvalue weighted by atomic mass is 9.90. The minimum atomic E-state index is -0.474. The number of hydrogen-bond donors (Lipinski definition) is 1. The molecule has 0 spiro atoms. The second kappa shape index (κ2) is 5.26. The molecular formula is C19H18N2O3S. The fourth-order valence-corrected chi connectivity index (χ4v) is 4.23. The van der Waals surface area contributed by atoms with Gasteiger partial charge in [-0.2, -0.15) is 0 Å². The van der Waals surface area contributed by atoms with Gasteiger partial charge in [0, 0.05) is 18.5 Å². The van der Waals surface area contributed by atoms with Crippen LogP contribution >= 0.6 is 12.2 Å². The van der Waals surface area contributed by atoms with Gasteiger partial charge < -0.3 is 24.4 Å². The van der Waals surface area contributed by atoms with Crippen molar-refractivity contribution in [1.29, 1.82) is 0 Å². The Labute approximate surface area is 151 Å². The van der Waals surface area contributed by atoms with E-state index < -0.39 is 5.72 Å². The van der Waals surface area contributed by atoms with Gasteiger partial charge in [-0.15, -0.1) is 0 Å². The largest absolute Gasteiger partial charge is 0.468 e. The Kier molecular flexibility index (Phi) is 3.12. The summed E-state index contributed by atoms with van der Waals surface area (Å²) in [6.45, 7) is 3.03. The summed E-state index contributed by atoms with van der Waals surface area (Å²) in [6.07, 6.45) is 0.842. The van der Waals surface area contributed by atoms with E-state index in [4.69, 9.17) is 26.4 Å². The first kappa shape index (κ1) is 14.8. The molecule has 5 rings (SSSR count). The van der Waals surface area contributed by atoms with Gasteiger partial charge in [-0.05, 0) is 42.9 Å². The van der Waals surface area contributed by atoms with Crippen molar-refractivity contribution >= 4 is 17.3 Å². The summed E-state index contributed by atoms with van der Waals surface area (Å²) in [6, 6.07) is 14.4. The van der Waals surface area contributed by atoms with Gasteiger partial charge in [0.1, 0.15) is 5.75 Å². The molecule has 1 saturated heterocycles. The summed E-state index contributed by atoms with van der Waals surface area (Å²) < 4.78 is 17.3. The van der Waals surface area contributed by atoms with E-state index in [9.17, 15) is 0 Å². The number of ether oxygens (including phenoxy) is 3. The molecule has 0 amide bonds. The molecule has 1 N–H and O–H groups in total. The fourth-order valence-electron chi connectivity index (χ4n) is 3.83. The second-order valence-corrected chi connectivity index (χ2v) is 7.18. The second-order valence-electron chi connectivity index (χ2n) is 6.79. The quantitative estimate of drug-likeness (QED) is 0.835. The smallest absolute Gasteiger partial charge is 0.231 e. The first-order valence-corrected chi connectivity index (χ1v) is 8.78. The van der Waals surface area contributed by atoms with Crippen molar-refractivity contribution in [2.24, 2.45) is 0 Å². The lowest BCUT2D eigenvalue weighted by molar-refractivity contribution is -0.0722. The molecule has 2 bridgehead atoms. The van der Waals surface area contributed by atoms with E-state index in [0.29, 0.717) is 11.7 Å². The van der Waals surface area contributed by atoms with Gasteiger partial charge in [-0.25, -0.2) is 0 Å². The van der Waals surface area contributed by atoms with E-state index >= 15 is 0 Å². The summed E-state index contributed by atoms with van der Waals surface area (Å²) in [4.78, 5) is 2.12. The van der Waals surface area contributed by atoms with Crippen molar-refractivity contribution in [3.8, 4) is 17.2 Å². The van der Waals surface area contributed by atoms with Gasteiger partial charge in [0.15, 0.2) is 22.3 Å². The average molecular weight is 354 g/mol. The van der Waals surface area contributed by atoms with E-state index in [2.05, 4.69) is 23.2 Å². The standard InChI is InChI=1S/C19H18N2O3S/c1-19-9-14(13-4-2-3-5-15(13)24-19)20-18(25)21(19)10-12-6-7-16-17(8-12)23-11-22-16/h2-8,14H,9-11H2,1H3,(H,20,25). The highest BCUT2D eigenvalue weighted by atomic mass is 32.1. The Morgan fingerprint density at radius 3 is 2.92 bits per heavy atom. The molecule has 3 aliphatic heterocycles. The molecule has 0 saturated carbocycles. The van der Waals surface area contributed by atoms with Crippen LogP contribution in [0.5, 0.6) is 17.2 Å². The van der Waals surface area contributed by atoms with Crippen LogP contribution in [0.25, 0.3) is 0 Å². The summed E-state index contributed by atoms with van der Waals surface area (Å²) in [5.41, 5.74) is 1.80. The minimum Gasteiger partial charge on any atom is -0.468 e. The molecule has 0 aliphatic carbocycles. The number of fused-ring (bicyclic) bond motifs is 5. The Balaban J connectivity index is 1.47. The van der Waals surface area contributed by atoms with Crippen molar-refractivity contribution in [3.05, 3.63) is 53.6 Å². The molecule has 6 heteroatoms. The molecule has 25 heavy (non-hydrogen) atoms. The zero-order valence-electron chi connectivity index (χ0n) is 13.8. The van der Waals surface area contributed by atoms with Gasteiger partial charge in [-0.3, -0.25) is 0 Å². The monoisotopic (exact) mass is 354 g/mol. The first-order chi connectivity index (χ1) is 12.1. The Morgan fingerprint density at radius 1 is 1.16 bits per heavy atom. The maximum absolute atomic E-state index is 6.38. The van der Waals surface area contributed by atoms with E-state index in [1.807, 2.05) is 36.4 Å². The molecule has 128 valence electrons. The van der Waals surface area contributed by atoms with Crippen LogP contribution in [0.4, 0.5) is 0 Å². The van der Waals surface area contributed by atoms with Gasteiger partial charge in [0.2, 0.25) is 6.79 Å². The van der Waals surface area contributed by atoms with E-state index in [1.165, 1.54) is 5.56 Å². The third-order valence-corrected chi connectivity index (χ3v) is 5.44. The van der Waals surface area contributed by atoms with Crippen molar-refractivity contribution in [2.45, 2.75) is 31.7 Å². The molecule has 2 aromatic rings. The van der Waals surface area contributed by atoms with E-state index in [1.54, 1.807) is 0 Å². The molecular weight excluding hydrogens is 336 g/mol. The Hall–Kier alpha value is -2.47. The molecule has 0 radical (unpaired) electrons. The Morgan fingerprint density at radius 2 is 2.00 bits per heavy atom. The van der Waals surface area contributed by atoms with Gasteiger partial charge >= 0.3 is 0 Å². The van der Waals surface area contributed by atoms with Crippen molar-refractivity contribution in [1.82, 2.24) is 10.2 Å². The molecule has 2 aromatic carbocycles. The van der Waals surface area contributed by atoms with Crippen LogP contribution in [0.1, 0.15) is 30.5 Å². The zero-order valence-corrected chi connectivity index (χ0v) is 14.6. The number of thiocarbonyl (C=S) groups is 1. The van der Waals surface area contributed by atoms with Crippen LogP contribution in [0.2, 0.25) is 0 Å². The Bertz CT molecular complexity index is 871. The average Bonchev–Trinajstić information content (AvgIpc) is 3.06. The summed E-state index contributed by atoms with van der Waals surface area (Å²) in [5, 5.41) is 4.19. The summed E-state index contributed by atoms with van der Waals surface area (Å²) in [5.74, 6) is 2.50. The van der Waals surface area contributed by atoms with Crippen molar-refractivity contribution in [2.75, 3.05) is 6.79 Å². The fraction of sp³-hybridized carbons (Fsp3) is 0.316. The summed E-state index contributed by atoms with van der Waals surface area (Å²) >= 11 is 5.66. The SMILES string of the molecule is CC12CC(NC(=S)N1Cc1ccc3c(c1)OCO3)c1ccccc1O2. The first-order valence-electron chi connectivity index (χ1n) is 8.37. The van der Waals surface area contributed by atoms with Crippen LogP contribution in [0.15, 0.2) is 42.5 Å². The van der Waals surface area contributed by atoms with Crippen LogP contribution in [-0.4, -0.2) is 22.5 Å². The molecule has 1 fully saturated rings. The summed E-state index contributed by atoms with van der Waals surface area (Å²) in [7, 11) is 0. The predicted molar refractivity (Wildman–Crippen MR) is 96.7 cm³/mol. The number of para-hydroxylation sites is 1. The molecule has 3 heterocycles. The number of benzene rings is 2. The highest BCUT2D eigenvalue weighted by Crippen LogP contribution is 2.44. The number of nitrogens with one attached hydrogen (secondary N) is 1. The topological polar surface area (TPSA) is 43.0 Å². The predicted octanol–water partition coefficient (Wildman–Crippen LogP) is 3.35. The van der Waals surface area contributed by atoms with E-state index in [0.717, 1.165) is 29.2 Å². The maximum atomic E-state index is 6.38. The van der Waals surface area contributed by atoms with Crippen LogP contribution in [0, 0.1) is 0 Å². The van der Waals surface area contributed by atoms with Gasteiger partial charge in [-0.1, -0.05) is 24.3 Å². The van der Waals surface area contributed by atoms with Crippen LogP contribution in [-0.2, 0) is 6.54 Å².